The number of rotatable bonds is 8. The number of amides is 2. The van der Waals surface area contributed by atoms with Gasteiger partial charge in [0.2, 0.25) is 11.8 Å². The minimum Gasteiger partial charge on any atom is -0.495 e. The van der Waals surface area contributed by atoms with Crippen LogP contribution in [-0.2, 0) is 9.59 Å². The molecule has 0 heterocycles. The lowest BCUT2D eigenvalue weighted by atomic mass is 10.3. The second kappa shape index (κ2) is 8.92. The number of anilines is 1. The smallest absolute Gasteiger partial charge is 0.238 e. The Bertz CT molecular complexity index is 449. The summed E-state index contributed by atoms with van der Waals surface area (Å²) >= 11 is 0. The van der Waals surface area contributed by atoms with E-state index < -0.39 is 0 Å². The van der Waals surface area contributed by atoms with Crippen LogP contribution in [0.4, 0.5) is 5.69 Å². The topological polar surface area (TPSA) is 79.5 Å². The van der Waals surface area contributed by atoms with Crippen molar-refractivity contribution >= 4 is 17.5 Å². The van der Waals surface area contributed by atoms with E-state index in [1.807, 2.05) is 19.1 Å². The fourth-order valence-corrected chi connectivity index (χ4v) is 1.63. The predicted molar refractivity (Wildman–Crippen MR) is 77.8 cm³/mol. The van der Waals surface area contributed by atoms with Gasteiger partial charge in [-0.15, -0.1) is 0 Å². The third-order valence-corrected chi connectivity index (χ3v) is 2.57. The molecule has 0 aliphatic heterocycles. The summed E-state index contributed by atoms with van der Waals surface area (Å²) in [6.07, 6.45) is 0.357. The van der Waals surface area contributed by atoms with Gasteiger partial charge in [0.25, 0.3) is 0 Å². The molecule has 1 aromatic rings. The first-order valence-corrected chi connectivity index (χ1v) is 6.57. The highest BCUT2D eigenvalue weighted by atomic mass is 16.5. The summed E-state index contributed by atoms with van der Waals surface area (Å²) in [6, 6.07) is 7.20. The van der Waals surface area contributed by atoms with Gasteiger partial charge in [-0.25, -0.2) is 0 Å². The molecular formula is C14H21N3O3. The summed E-state index contributed by atoms with van der Waals surface area (Å²) in [5.41, 5.74) is 0.630. The number of hydrogen-bond acceptors (Lipinski definition) is 4. The van der Waals surface area contributed by atoms with Gasteiger partial charge in [0.1, 0.15) is 5.75 Å². The fraction of sp³-hybridized carbons (Fsp3) is 0.429. The molecule has 0 aromatic heterocycles. The monoisotopic (exact) mass is 279 g/mol. The summed E-state index contributed by atoms with van der Waals surface area (Å²) in [5, 5.41) is 8.36. The molecule has 1 rings (SSSR count). The summed E-state index contributed by atoms with van der Waals surface area (Å²) < 4.78 is 5.14. The molecule has 6 nitrogen and oxygen atoms in total. The van der Waals surface area contributed by atoms with Crippen molar-refractivity contribution in [2.45, 2.75) is 13.3 Å². The largest absolute Gasteiger partial charge is 0.495 e. The number of hydrogen-bond donors (Lipinski definition) is 3. The molecule has 0 spiro atoms. The number of benzene rings is 1. The number of para-hydroxylation sites is 2. The van der Waals surface area contributed by atoms with Crippen molar-refractivity contribution in [1.82, 2.24) is 10.6 Å². The molecule has 0 unspecified atom stereocenters. The van der Waals surface area contributed by atoms with Gasteiger partial charge in [0, 0.05) is 19.5 Å². The second-order valence-electron chi connectivity index (χ2n) is 4.13. The Kier molecular flexibility index (Phi) is 7.13. The zero-order valence-electron chi connectivity index (χ0n) is 11.9. The zero-order valence-corrected chi connectivity index (χ0v) is 11.9. The molecule has 0 aliphatic carbocycles. The SMILES string of the molecule is CCNC(=O)CCNCC(=O)Nc1ccccc1OC. The maximum atomic E-state index is 11.7. The van der Waals surface area contributed by atoms with Gasteiger partial charge in [-0.05, 0) is 19.1 Å². The highest BCUT2D eigenvalue weighted by molar-refractivity contribution is 5.93. The average molecular weight is 279 g/mol. The van der Waals surface area contributed by atoms with E-state index in [2.05, 4.69) is 16.0 Å². The molecule has 0 saturated carbocycles. The molecule has 2 amide bonds. The molecule has 0 fully saturated rings. The van der Waals surface area contributed by atoms with E-state index >= 15 is 0 Å². The summed E-state index contributed by atoms with van der Waals surface area (Å²) in [6.45, 7) is 3.10. The van der Waals surface area contributed by atoms with Crippen molar-refractivity contribution in [2.24, 2.45) is 0 Å². The van der Waals surface area contributed by atoms with E-state index in [0.717, 1.165) is 0 Å². The zero-order chi connectivity index (χ0) is 14.8. The van der Waals surface area contributed by atoms with Gasteiger partial charge < -0.3 is 20.7 Å². The first-order chi connectivity index (χ1) is 9.67. The Balaban J connectivity index is 2.28. The third-order valence-electron chi connectivity index (χ3n) is 2.57. The Labute approximate surface area is 118 Å². The molecule has 0 radical (unpaired) electrons. The standard InChI is InChI=1S/C14H21N3O3/c1-3-16-13(18)8-9-15-10-14(19)17-11-6-4-5-7-12(11)20-2/h4-7,15H,3,8-10H2,1-2H3,(H,16,18)(H,17,19). The number of ether oxygens (including phenoxy) is 1. The van der Waals surface area contributed by atoms with Gasteiger partial charge in [-0.2, -0.15) is 0 Å². The van der Waals surface area contributed by atoms with Gasteiger partial charge in [0.15, 0.2) is 0 Å². The lowest BCUT2D eigenvalue weighted by Crippen LogP contribution is -2.32. The van der Waals surface area contributed by atoms with Crippen LogP contribution >= 0.6 is 0 Å². The molecular weight excluding hydrogens is 258 g/mol. The number of carbonyl (C=O) groups is 2. The van der Waals surface area contributed by atoms with Crippen molar-refractivity contribution < 1.29 is 14.3 Å². The van der Waals surface area contributed by atoms with Crippen molar-refractivity contribution in [3.05, 3.63) is 24.3 Å². The molecule has 0 atom stereocenters. The molecule has 3 N–H and O–H groups in total. The minimum absolute atomic E-state index is 0.0230. The average Bonchev–Trinajstić information content (AvgIpc) is 2.44. The van der Waals surface area contributed by atoms with E-state index in [1.54, 1.807) is 19.2 Å². The Morgan fingerprint density at radius 1 is 1.20 bits per heavy atom. The molecule has 110 valence electrons. The van der Waals surface area contributed by atoms with Crippen molar-refractivity contribution in [2.75, 3.05) is 32.1 Å². The van der Waals surface area contributed by atoms with Gasteiger partial charge in [-0.3, -0.25) is 9.59 Å². The summed E-state index contributed by atoms with van der Waals surface area (Å²) in [7, 11) is 1.55. The normalized spacial score (nSPS) is 9.90. The second-order valence-corrected chi connectivity index (χ2v) is 4.13. The molecule has 1 aromatic carbocycles. The van der Waals surface area contributed by atoms with Crippen molar-refractivity contribution in [3.63, 3.8) is 0 Å². The molecule has 0 saturated heterocycles. The van der Waals surface area contributed by atoms with E-state index in [0.29, 0.717) is 30.9 Å². The maximum absolute atomic E-state index is 11.7. The number of nitrogens with one attached hydrogen (secondary N) is 3. The van der Waals surface area contributed by atoms with E-state index in [-0.39, 0.29) is 18.4 Å². The minimum atomic E-state index is -0.176. The van der Waals surface area contributed by atoms with Crippen LogP contribution in [0.1, 0.15) is 13.3 Å². The molecule has 20 heavy (non-hydrogen) atoms. The van der Waals surface area contributed by atoms with Crippen LogP contribution in [0.15, 0.2) is 24.3 Å². The Hall–Kier alpha value is -2.08. The van der Waals surface area contributed by atoms with Crippen LogP contribution in [-0.4, -0.2) is 38.6 Å². The first-order valence-electron chi connectivity index (χ1n) is 6.57. The third kappa shape index (κ3) is 5.71. The van der Waals surface area contributed by atoms with Crippen LogP contribution in [0.5, 0.6) is 5.75 Å². The quantitative estimate of drug-likeness (QED) is 0.614. The first kappa shape index (κ1) is 16.0. The molecule has 0 bridgehead atoms. The lowest BCUT2D eigenvalue weighted by Gasteiger charge is -2.10. The lowest BCUT2D eigenvalue weighted by molar-refractivity contribution is -0.121. The van der Waals surface area contributed by atoms with Gasteiger partial charge >= 0.3 is 0 Å². The van der Waals surface area contributed by atoms with Crippen molar-refractivity contribution in [3.8, 4) is 5.75 Å². The van der Waals surface area contributed by atoms with Crippen LogP contribution in [0.3, 0.4) is 0 Å². The fourth-order valence-electron chi connectivity index (χ4n) is 1.63. The van der Waals surface area contributed by atoms with Crippen molar-refractivity contribution in [1.29, 1.82) is 0 Å². The van der Waals surface area contributed by atoms with Crippen LogP contribution in [0, 0.1) is 0 Å². The predicted octanol–water partition coefficient (Wildman–Crippen LogP) is 0.749. The number of carbonyl (C=O) groups excluding carboxylic acids is 2. The summed E-state index contributed by atoms with van der Waals surface area (Å²) in [5.74, 6) is 0.415. The van der Waals surface area contributed by atoms with Crippen LogP contribution < -0.4 is 20.7 Å². The molecule has 0 aliphatic rings. The highest BCUT2D eigenvalue weighted by Crippen LogP contribution is 2.22. The van der Waals surface area contributed by atoms with E-state index in [4.69, 9.17) is 4.74 Å². The van der Waals surface area contributed by atoms with E-state index in [1.165, 1.54) is 0 Å². The van der Waals surface area contributed by atoms with E-state index in [9.17, 15) is 9.59 Å². The van der Waals surface area contributed by atoms with Gasteiger partial charge in [0.05, 0.1) is 19.3 Å². The highest BCUT2D eigenvalue weighted by Gasteiger charge is 2.06. The Morgan fingerprint density at radius 2 is 1.95 bits per heavy atom. The van der Waals surface area contributed by atoms with Crippen LogP contribution in [0.2, 0.25) is 0 Å². The number of methoxy groups -OCH3 is 1. The van der Waals surface area contributed by atoms with Crippen LogP contribution in [0.25, 0.3) is 0 Å². The summed E-state index contributed by atoms with van der Waals surface area (Å²) in [4.78, 5) is 22.9. The molecule has 6 heteroatoms. The maximum Gasteiger partial charge on any atom is 0.238 e. The van der Waals surface area contributed by atoms with Gasteiger partial charge in [-0.1, -0.05) is 12.1 Å². The Morgan fingerprint density at radius 3 is 2.65 bits per heavy atom.